The van der Waals surface area contributed by atoms with E-state index in [9.17, 15) is 9.18 Å². The van der Waals surface area contributed by atoms with Crippen LogP contribution in [0.3, 0.4) is 0 Å². The molecule has 1 amide bonds. The molecule has 25 heavy (non-hydrogen) atoms. The molecule has 0 radical (unpaired) electrons. The van der Waals surface area contributed by atoms with E-state index in [-0.39, 0.29) is 17.3 Å². The normalized spacial score (nSPS) is 16.1. The van der Waals surface area contributed by atoms with Gasteiger partial charge in [0.05, 0.1) is 38.3 Å². The van der Waals surface area contributed by atoms with Crippen molar-refractivity contribution in [2.45, 2.75) is 32.7 Å². The molecule has 0 aromatic heterocycles. The van der Waals surface area contributed by atoms with E-state index in [0.717, 1.165) is 51.4 Å². The van der Waals surface area contributed by atoms with E-state index in [4.69, 9.17) is 0 Å². The summed E-state index contributed by atoms with van der Waals surface area (Å²) in [5.41, 5.74) is 1.30. The van der Waals surface area contributed by atoms with E-state index in [1.54, 1.807) is 0 Å². The van der Waals surface area contributed by atoms with Gasteiger partial charge in [0.2, 0.25) is 0 Å². The molecule has 1 aromatic carbocycles. The number of amides is 1. The number of nitrogens with zero attached hydrogens (tertiary/aromatic N) is 1. The van der Waals surface area contributed by atoms with E-state index >= 15 is 0 Å². The molecule has 1 aliphatic heterocycles. The molecule has 140 valence electrons. The fraction of sp³-hybridized carbons (Fsp3) is 0.632. The maximum Gasteiger partial charge on any atom is 0.275 e. The highest BCUT2D eigenvalue weighted by atomic mass is 19.1. The van der Waals surface area contributed by atoms with Crippen molar-refractivity contribution < 1.29 is 19.4 Å². The molecule has 0 aliphatic carbocycles. The van der Waals surface area contributed by atoms with Crippen LogP contribution in [0.2, 0.25) is 0 Å². The van der Waals surface area contributed by atoms with Crippen LogP contribution in [0.25, 0.3) is 0 Å². The van der Waals surface area contributed by atoms with Gasteiger partial charge < -0.3 is 20.4 Å². The maximum atomic E-state index is 13.0. The third-order valence-electron chi connectivity index (χ3n) is 4.53. The van der Waals surface area contributed by atoms with Crippen LogP contribution in [0.4, 0.5) is 10.1 Å². The lowest BCUT2D eigenvalue weighted by atomic mass is 10.1. The minimum Gasteiger partial charge on any atom is -0.360 e. The minimum absolute atomic E-state index is 0.140. The van der Waals surface area contributed by atoms with E-state index in [0.29, 0.717) is 6.54 Å². The average molecular weight is 352 g/mol. The highest BCUT2D eigenvalue weighted by molar-refractivity contribution is 5.76. The Morgan fingerprint density at radius 3 is 2.48 bits per heavy atom. The lowest BCUT2D eigenvalue weighted by Gasteiger charge is -2.33. The Kier molecular flexibility index (Phi) is 7.20. The smallest absolute Gasteiger partial charge is 0.275 e. The van der Waals surface area contributed by atoms with Gasteiger partial charge in [-0.1, -0.05) is 0 Å². The average Bonchev–Trinajstić information content (AvgIpc) is 2.55. The molecule has 0 atom stereocenters. The van der Waals surface area contributed by atoms with Crippen molar-refractivity contribution in [2.75, 3.05) is 50.7 Å². The summed E-state index contributed by atoms with van der Waals surface area (Å²) in [4.78, 5) is 15.6. The molecule has 4 N–H and O–H groups in total. The van der Waals surface area contributed by atoms with Gasteiger partial charge in [0.25, 0.3) is 5.91 Å². The first-order valence-electron chi connectivity index (χ1n) is 9.29. The summed E-state index contributed by atoms with van der Waals surface area (Å²) in [6.07, 6.45) is 0.997. The van der Waals surface area contributed by atoms with Crippen molar-refractivity contribution in [2.24, 2.45) is 0 Å². The van der Waals surface area contributed by atoms with Crippen LogP contribution < -0.4 is 20.4 Å². The summed E-state index contributed by atoms with van der Waals surface area (Å²) in [5.74, 6) is -0.0641. The first kappa shape index (κ1) is 19.7. The Bertz CT molecular complexity index is 533. The molecule has 0 unspecified atom stereocenters. The Morgan fingerprint density at radius 2 is 1.88 bits per heavy atom. The number of quaternary nitrogens is 2. The highest BCUT2D eigenvalue weighted by Gasteiger charge is 2.22. The van der Waals surface area contributed by atoms with Gasteiger partial charge in [-0.05, 0) is 45.0 Å². The highest BCUT2D eigenvalue weighted by Crippen LogP contribution is 2.14. The molecular weight excluding hydrogens is 319 g/mol. The van der Waals surface area contributed by atoms with Gasteiger partial charge in [-0.3, -0.25) is 4.79 Å². The molecule has 1 heterocycles. The van der Waals surface area contributed by atoms with E-state index in [1.165, 1.54) is 17.0 Å². The zero-order valence-corrected chi connectivity index (χ0v) is 15.8. The zero-order chi connectivity index (χ0) is 18.3. The Morgan fingerprint density at radius 1 is 1.24 bits per heavy atom. The molecule has 1 saturated heterocycles. The summed E-state index contributed by atoms with van der Waals surface area (Å²) in [5, 5.41) is 5.33. The van der Waals surface area contributed by atoms with Gasteiger partial charge in [0.1, 0.15) is 5.82 Å². The lowest BCUT2D eigenvalue weighted by molar-refractivity contribution is -0.892. The fourth-order valence-corrected chi connectivity index (χ4v) is 3.06. The molecule has 1 aliphatic rings. The molecule has 0 bridgehead atoms. The number of halogens is 1. The van der Waals surface area contributed by atoms with Crippen molar-refractivity contribution in [3.8, 4) is 0 Å². The van der Waals surface area contributed by atoms with Crippen molar-refractivity contribution in [3.05, 3.63) is 30.1 Å². The quantitative estimate of drug-likeness (QED) is 0.574. The predicted molar refractivity (Wildman–Crippen MR) is 98.3 cm³/mol. The molecule has 1 fully saturated rings. The first-order valence-corrected chi connectivity index (χ1v) is 9.29. The van der Waals surface area contributed by atoms with E-state index < -0.39 is 0 Å². The van der Waals surface area contributed by atoms with Crippen molar-refractivity contribution >= 4 is 11.6 Å². The molecule has 5 nitrogen and oxygen atoms in total. The van der Waals surface area contributed by atoms with Gasteiger partial charge in [-0.25, -0.2) is 4.39 Å². The summed E-state index contributed by atoms with van der Waals surface area (Å²) < 4.78 is 13.0. The van der Waals surface area contributed by atoms with Gasteiger partial charge >= 0.3 is 0 Å². The topological polar surface area (TPSA) is 53.4 Å². The van der Waals surface area contributed by atoms with E-state index in [1.807, 2.05) is 12.1 Å². The first-order chi connectivity index (χ1) is 11.8. The van der Waals surface area contributed by atoms with Gasteiger partial charge in [0.15, 0.2) is 6.54 Å². The predicted octanol–water partition coefficient (Wildman–Crippen LogP) is -0.601. The second-order valence-corrected chi connectivity index (χ2v) is 7.95. The van der Waals surface area contributed by atoms with Crippen LogP contribution in [0.5, 0.6) is 0 Å². The van der Waals surface area contributed by atoms with Gasteiger partial charge in [0, 0.05) is 18.7 Å². The number of nitrogens with one attached hydrogen (secondary N) is 2. The summed E-state index contributed by atoms with van der Waals surface area (Å²) in [6.45, 7) is 12.6. The molecule has 0 spiro atoms. The van der Waals surface area contributed by atoms with Crippen LogP contribution in [0.15, 0.2) is 24.3 Å². The third kappa shape index (κ3) is 7.40. The molecule has 0 saturated carbocycles. The Hall–Kier alpha value is -1.66. The molecule has 1 aromatic rings. The minimum atomic E-state index is -0.204. The van der Waals surface area contributed by atoms with Crippen molar-refractivity contribution in [1.29, 1.82) is 0 Å². The SMILES string of the molecule is CC(C)(C)[NH2+]CCCNC(=O)C[NH+]1CCN(c2ccc(F)cc2)CC1. The van der Waals surface area contributed by atoms with Crippen LogP contribution in [0.1, 0.15) is 27.2 Å². The molecule has 2 rings (SSSR count). The number of carbonyl (C=O) groups is 1. The Balaban J connectivity index is 1.61. The summed E-state index contributed by atoms with van der Waals surface area (Å²) in [6, 6.07) is 6.64. The van der Waals surface area contributed by atoms with Gasteiger partial charge in [-0.15, -0.1) is 0 Å². The number of nitrogens with two attached hydrogens (primary N) is 1. The number of benzene rings is 1. The van der Waals surface area contributed by atoms with Crippen LogP contribution in [-0.2, 0) is 4.79 Å². The van der Waals surface area contributed by atoms with E-state index in [2.05, 4.69) is 36.3 Å². The van der Waals surface area contributed by atoms with Crippen LogP contribution >= 0.6 is 0 Å². The second kappa shape index (κ2) is 9.15. The standard InChI is InChI=1S/C19H31FN4O/c1-19(2,3)22-10-4-9-21-18(25)15-23-11-13-24(14-12-23)17-7-5-16(20)6-8-17/h5-8,22H,4,9-15H2,1-3H3,(H,21,25)/p+2. The van der Waals surface area contributed by atoms with Crippen LogP contribution in [0, 0.1) is 5.82 Å². The largest absolute Gasteiger partial charge is 0.360 e. The summed E-state index contributed by atoms with van der Waals surface area (Å²) >= 11 is 0. The second-order valence-electron chi connectivity index (χ2n) is 7.95. The lowest BCUT2D eigenvalue weighted by Crippen LogP contribution is -3.16. The number of piperazine rings is 1. The number of carbonyl (C=O) groups excluding carboxylic acids is 1. The number of anilines is 1. The van der Waals surface area contributed by atoms with Crippen molar-refractivity contribution in [3.63, 3.8) is 0 Å². The summed E-state index contributed by atoms with van der Waals surface area (Å²) in [7, 11) is 0. The number of hydrogen-bond acceptors (Lipinski definition) is 2. The van der Waals surface area contributed by atoms with Crippen LogP contribution in [-0.4, -0.2) is 57.3 Å². The Labute approximate surface area is 150 Å². The monoisotopic (exact) mass is 352 g/mol. The van der Waals surface area contributed by atoms with Gasteiger partial charge in [-0.2, -0.15) is 0 Å². The molecular formula is C19H33FN4O+2. The maximum absolute atomic E-state index is 13.0. The number of rotatable bonds is 7. The number of hydrogen-bond donors (Lipinski definition) is 3. The van der Waals surface area contributed by atoms with Crippen molar-refractivity contribution in [1.82, 2.24) is 5.32 Å². The third-order valence-corrected chi connectivity index (χ3v) is 4.53. The zero-order valence-electron chi connectivity index (χ0n) is 15.8. The molecule has 6 heteroatoms. The fourth-order valence-electron chi connectivity index (χ4n) is 3.06.